The molecule has 0 aliphatic rings. The Morgan fingerprint density at radius 3 is 2.47 bits per heavy atom. The summed E-state index contributed by atoms with van der Waals surface area (Å²) in [4.78, 5) is 5.99. The third-order valence-electron chi connectivity index (χ3n) is 2.13. The van der Waals surface area contributed by atoms with Gasteiger partial charge in [-0.25, -0.2) is 0 Å². The smallest absolute Gasteiger partial charge is 0.0924 e. The average molecular weight is 238 g/mol. The van der Waals surface area contributed by atoms with Crippen LogP contribution in [0.4, 0.5) is 0 Å². The van der Waals surface area contributed by atoms with E-state index in [2.05, 4.69) is 11.1 Å². The molecule has 2 rings (SSSR count). The quantitative estimate of drug-likeness (QED) is 0.603. The molecule has 82 valence electrons. The first-order valence-corrected chi connectivity index (χ1v) is 5.95. The molecule has 1 aromatic heterocycles. The topological polar surface area (TPSA) is 36.7 Å². The molecule has 1 heterocycles. The third-order valence-corrected chi connectivity index (χ3v) is 3.21. The lowest BCUT2D eigenvalue weighted by molar-refractivity contribution is 1.27. The summed E-state index contributed by atoms with van der Waals surface area (Å²) in [7, 11) is 0. The van der Waals surface area contributed by atoms with E-state index in [1.165, 1.54) is 0 Å². The molecule has 0 spiro atoms. The van der Waals surface area contributed by atoms with Crippen LogP contribution in [0.1, 0.15) is 5.56 Å². The summed E-state index contributed by atoms with van der Waals surface area (Å²) in [5, 5.41) is 8.82. The number of aromatic nitrogens is 1. The average Bonchev–Trinajstić information content (AvgIpc) is 2.40. The van der Waals surface area contributed by atoms with Crippen LogP contribution < -0.4 is 0 Å². The second-order valence-corrected chi connectivity index (χ2v) is 4.40. The second kappa shape index (κ2) is 5.88. The van der Waals surface area contributed by atoms with Gasteiger partial charge in [0.15, 0.2) is 0 Å². The number of nitriles is 1. The van der Waals surface area contributed by atoms with Crippen LogP contribution in [0.25, 0.3) is 4.91 Å². The van der Waals surface area contributed by atoms with Crippen molar-refractivity contribution >= 4 is 16.7 Å². The number of benzene rings is 1. The predicted molar refractivity (Wildman–Crippen MR) is 70.1 cm³/mol. The van der Waals surface area contributed by atoms with Gasteiger partial charge in [0.2, 0.25) is 0 Å². The van der Waals surface area contributed by atoms with E-state index in [1.54, 1.807) is 30.2 Å². The molecule has 0 radical (unpaired) electrons. The first-order valence-electron chi connectivity index (χ1n) is 5.13. The highest BCUT2D eigenvalue weighted by atomic mass is 32.2. The lowest BCUT2D eigenvalue weighted by atomic mass is 10.2. The van der Waals surface area contributed by atoms with Crippen molar-refractivity contribution in [1.29, 1.82) is 5.26 Å². The molecule has 0 atom stereocenters. The van der Waals surface area contributed by atoms with Crippen molar-refractivity contribution in [2.24, 2.45) is 0 Å². The molecule has 17 heavy (non-hydrogen) atoms. The van der Waals surface area contributed by atoms with E-state index < -0.39 is 0 Å². The van der Waals surface area contributed by atoms with Gasteiger partial charge in [0.1, 0.15) is 0 Å². The zero-order chi connectivity index (χ0) is 11.9. The minimum absolute atomic E-state index is 0.944. The fraction of sp³-hybridized carbons (Fsp3) is 0. The first-order chi connectivity index (χ1) is 8.40. The maximum absolute atomic E-state index is 8.82. The fourth-order valence-electron chi connectivity index (χ4n) is 1.37. The molecule has 0 saturated heterocycles. The molecule has 0 fully saturated rings. The van der Waals surface area contributed by atoms with Crippen LogP contribution in [0, 0.1) is 11.3 Å². The van der Waals surface area contributed by atoms with Gasteiger partial charge in [0, 0.05) is 28.3 Å². The number of hydrogen-bond acceptors (Lipinski definition) is 3. The van der Waals surface area contributed by atoms with Gasteiger partial charge in [-0.2, -0.15) is 5.26 Å². The number of pyridine rings is 1. The van der Waals surface area contributed by atoms with Gasteiger partial charge in [-0.1, -0.05) is 42.1 Å². The predicted octanol–water partition coefficient (Wildman–Crippen LogP) is 3.74. The van der Waals surface area contributed by atoms with Crippen molar-refractivity contribution in [3.05, 3.63) is 66.5 Å². The molecule has 3 heteroatoms. The van der Waals surface area contributed by atoms with Crippen molar-refractivity contribution in [3.63, 3.8) is 0 Å². The molecular formula is C14H10N2S. The van der Waals surface area contributed by atoms with Gasteiger partial charge in [0.25, 0.3) is 0 Å². The highest BCUT2D eigenvalue weighted by Gasteiger charge is 2.03. The van der Waals surface area contributed by atoms with E-state index in [1.807, 2.05) is 42.5 Å². The Hall–Kier alpha value is -2.05. The molecule has 0 aliphatic heterocycles. The van der Waals surface area contributed by atoms with Crippen LogP contribution in [-0.4, -0.2) is 4.98 Å². The summed E-state index contributed by atoms with van der Waals surface area (Å²) in [6, 6.07) is 15.8. The summed E-state index contributed by atoms with van der Waals surface area (Å²) >= 11 is 1.56. The van der Waals surface area contributed by atoms with Crippen molar-refractivity contribution in [3.8, 4) is 6.07 Å². The molecule has 0 amide bonds. The van der Waals surface area contributed by atoms with Crippen LogP contribution >= 0.6 is 11.8 Å². The SMILES string of the molecule is N#CC=C(Sc1ccncc1)c1ccccc1. The molecular weight excluding hydrogens is 228 g/mol. The second-order valence-electron chi connectivity index (χ2n) is 3.29. The zero-order valence-corrected chi connectivity index (χ0v) is 9.89. The summed E-state index contributed by atoms with van der Waals surface area (Å²) in [6.45, 7) is 0. The summed E-state index contributed by atoms with van der Waals surface area (Å²) in [6.07, 6.45) is 5.06. The van der Waals surface area contributed by atoms with E-state index in [-0.39, 0.29) is 0 Å². The van der Waals surface area contributed by atoms with E-state index >= 15 is 0 Å². The molecule has 0 bridgehead atoms. The van der Waals surface area contributed by atoms with Crippen molar-refractivity contribution in [2.45, 2.75) is 4.90 Å². The normalized spacial score (nSPS) is 10.9. The first kappa shape index (κ1) is 11.4. The van der Waals surface area contributed by atoms with Crippen LogP contribution in [-0.2, 0) is 0 Å². The zero-order valence-electron chi connectivity index (χ0n) is 9.08. The largest absolute Gasteiger partial charge is 0.265 e. The molecule has 0 aliphatic carbocycles. The van der Waals surface area contributed by atoms with Gasteiger partial charge >= 0.3 is 0 Å². The van der Waals surface area contributed by atoms with E-state index in [9.17, 15) is 0 Å². The molecule has 1 aromatic carbocycles. The third kappa shape index (κ3) is 3.20. The summed E-state index contributed by atoms with van der Waals surface area (Å²) < 4.78 is 0. The Kier molecular flexibility index (Phi) is 3.95. The Balaban J connectivity index is 2.27. The van der Waals surface area contributed by atoms with Gasteiger partial charge in [-0.3, -0.25) is 4.98 Å². The summed E-state index contributed by atoms with van der Waals surface area (Å²) in [5.41, 5.74) is 1.05. The standard InChI is InChI=1S/C14H10N2S/c15-9-6-14(12-4-2-1-3-5-12)17-13-7-10-16-11-8-13/h1-8,10-11H. The molecule has 2 nitrogen and oxygen atoms in total. The van der Waals surface area contributed by atoms with Crippen LogP contribution in [0.2, 0.25) is 0 Å². The number of nitrogens with zero attached hydrogens (tertiary/aromatic N) is 2. The Morgan fingerprint density at radius 2 is 1.82 bits per heavy atom. The van der Waals surface area contributed by atoms with Gasteiger partial charge < -0.3 is 0 Å². The number of hydrogen-bond donors (Lipinski definition) is 0. The van der Waals surface area contributed by atoms with E-state index in [0.29, 0.717) is 0 Å². The molecule has 0 N–H and O–H groups in total. The number of allylic oxidation sites excluding steroid dienone is 1. The lowest BCUT2D eigenvalue weighted by Crippen LogP contribution is -1.80. The van der Waals surface area contributed by atoms with E-state index in [0.717, 1.165) is 15.4 Å². The summed E-state index contributed by atoms with van der Waals surface area (Å²) in [5.74, 6) is 0. The Bertz CT molecular complexity index is 541. The van der Waals surface area contributed by atoms with Gasteiger partial charge in [0.05, 0.1) is 6.07 Å². The Morgan fingerprint density at radius 1 is 1.12 bits per heavy atom. The molecule has 0 unspecified atom stereocenters. The van der Waals surface area contributed by atoms with Crippen LogP contribution in [0.15, 0.2) is 65.8 Å². The minimum Gasteiger partial charge on any atom is -0.265 e. The highest BCUT2D eigenvalue weighted by molar-refractivity contribution is 8.08. The van der Waals surface area contributed by atoms with Crippen molar-refractivity contribution in [1.82, 2.24) is 4.98 Å². The number of thioether (sulfide) groups is 1. The maximum atomic E-state index is 8.82. The van der Waals surface area contributed by atoms with Crippen LogP contribution in [0.3, 0.4) is 0 Å². The van der Waals surface area contributed by atoms with E-state index in [4.69, 9.17) is 5.26 Å². The maximum Gasteiger partial charge on any atom is 0.0924 e. The molecule has 0 saturated carbocycles. The highest BCUT2D eigenvalue weighted by Crippen LogP contribution is 2.33. The van der Waals surface area contributed by atoms with Gasteiger partial charge in [-0.15, -0.1) is 0 Å². The van der Waals surface area contributed by atoms with Crippen molar-refractivity contribution in [2.75, 3.05) is 0 Å². The van der Waals surface area contributed by atoms with Crippen molar-refractivity contribution < 1.29 is 0 Å². The van der Waals surface area contributed by atoms with Gasteiger partial charge in [-0.05, 0) is 17.7 Å². The minimum atomic E-state index is 0.944. The fourth-order valence-corrected chi connectivity index (χ4v) is 2.24. The molecule has 2 aromatic rings. The lowest BCUT2D eigenvalue weighted by Gasteiger charge is -2.05. The Labute approximate surface area is 105 Å². The number of rotatable bonds is 3. The monoisotopic (exact) mass is 238 g/mol. The van der Waals surface area contributed by atoms with Crippen LogP contribution in [0.5, 0.6) is 0 Å².